The maximum Gasteiger partial charge on any atom is 0.130 e. The van der Waals surface area contributed by atoms with Crippen LogP contribution in [0.15, 0.2) is 12.4 Å². The molecule has 3 rings (SSSR count). The molecule has 1 aliphatic rings. The smallest absolute Gasteiger partial charge is 0.130 e. The van der Waals surface area contributed by atoms with E-state index in [9.17, 15) is 0 Å². The number of fused-ring (bicyclic) bond motifs is 1. The average Bonchev–Trinajstić information content (AvgIpc) is 2.99. The summed E-state index contributed by atoms with van der Waals surface area (Å²) in [5.41, 5.74) is 2.40. The van der Waals surface area contributed by atoms with Crippen LogP contribution in [0.25, 0.3) is 0 Å². The third kappa shape index (κ3) is 2.68. The minimum atomic E-state index is 0.501. The topological polar surface area (TPSA) is 50.9 Å². The molecular weight excluding hydrogens is 264 g/mol. The molecule has 2 aromatic heterocycles. The Morgan fingerprint density at radius 2 is 2.24 bits per heavy atom. The molecule has 0 unspecified atom stereocenters. The van der Waals surface area contributed by atoms with Crippen LogP contribution in [0.3, 0.4) is 0 Å². The lowest BCUT2D eigenvalue weighted by Crippen LogP contribution is -2.37. The zero-order chi connectivity index (χ0) is 15.0. The van der Waals surface area contributed by atoms with Gasteiger partial charge < -0.3 is 14.8 Å². The molecule has 6 heteroatoms. The molecule has 2 aromatic rings. The Balaban J connectivity index is 1.69. The molecule has 0 radical (unpaired) electrons. The minimum Gasteiger partial charge on any atom is -0.363 e. The van der Waals surface area contributed by atoms with Gasteiger partial charge in [0.2, 0.25) is 0 Å². The van der Waals surface area contributed by atoms with Gasteiger partial charge in [-0.05, 0) is 13.3 Å². The zero-order valence-electron chi connectivity index (χ0n) is 13.3. The third-order valence-electron chi connectivity index (χ3n) is 4.24. The van der Waals surface area contributed by atoms with Crippen molar-refractivity contribution in [3.63, 3.8) is 0 Å². The number of aromatic nitrogens is 4. The molecule has 0 saturated heterocycles. The maximum atomic E-state index is 4.54. The lowest BCUT2D eigenvalue weighted by Gasteiger charge is -2.25. The van der Waals surface area contributed by atoms with E-state index in [-0.39, 0.29) is 0 Å². The second-order valence-electron chi connectivity index (χ2n) is 6.02. The lowest BCUT2D eigenvalue weighted by molar-refractivity contribution is 0.378. The lowest BCUT2D eigenvalue weighted by atomic mass is 10.1. The molecule has 1 N–H and O–H groups in total. The highest BCUT2D eigenvalue weighted by Gasteiger charge is 2.20. The van der Waals surface area contributed by atoms with E-state index in [0.29, 0.717) is 6.04 Å². The molecule has 1 atom stereocenters. The summed E-state index contributed by atoms with van der Waals surface area (Å²) >= 11 is 0. The summed E-state index contributed by atoms with van der Waals surface area (Å²) in [6.07, 6.45) is 6.17. The summed E-state index contributed by atoms with van der Waals surface area (Å²) in [5.74, 6) is 2.39. The SMILES string of the molecule is Cc1nn(C)c(N(C)C)c1CN[C@@H]1CCc2nccn2C1. The van der Waals surface area contributed by atoms with E-state index >= 15 is 0 Å². The molecule has 0 fully saturated rings. The van der Waals surface area contributed by atoms with Crippen LogP contribution in [0.1, 0.15) is 23.5 Å². The molecule has 21 heavy (non-hydrogen) atoms. The number of hydrogen-bond acceptors (Lipinski definition) is 4. The highest BCUT2D eigenvalue weighted by atomic mass is 15.4. The van der Waals surface area contributed by atoms with E-state index in [4.69, 9.17) is 0 Å². The molecule has 0 amide bonds. The van der Waals surface area contributed by atoms with Crippen molar-refractivity contribution in [2.75, 3.05) is 19.0 Å². The van der Waals surface area contributed by atoms with Gasteiger partial charge in [0.1, 0.15) is 11.6 Å². The van der Waals surface area contributed by atoms with Gasteiger partial charge >= 0.3 is 0 Å². The van der Waals surface area contributed by atoms with E-state index in [1.165, 1.54) is 17.2 Å². The van der Waals surface area contributed by atoms with E-state index in [2.05, 4.69) is 52.1 Å². The standard InChI is InChI=1S/C15H24N6/c1-11-13(15(19(2)3)20(4)18-11)9-17-12-5-6-14-16-7-8-21(14)10-12/h7-8,12,17H,5-6,9-10H2,1-4H3/t12-/m1/s1. The van der Waals surface area contributed by atoms with E-state index in [0.717, 1.165) is 31.6 Å². The highest BCUT2D eigenvalue weighted by molar-refractivity contribution is 5.48. The molecule has 0 saturated carbocycles. The first-order valence-electron chi connectivity index (χ1n) is 7.49. The van der Waals surface area contributed by atoms with Crippen LogP contribution in [0, 0.1) is 6.92 Å². The van der Waals surface area contributed by atoms with Gasteiger partial charge in [-0.15, -0.1) is 0 Å². The fourth-order valence-electron chi connectivity index (χ4n) is 3.24. The Bertz CT molecular complexity index is 624. The summed E-state index contributed by atoms with van der Waals surface area (Å²) in [7, 11) is 6.14. The summed E-state index contributed by atoms with van der Waals surface area (Å²) in [4.78, 5) is 6.51. The molecule has 6 nitrogen and oxygen atoms in total. The number of hydrogen-bond donors (Lipinski definition) is 1. The van der Waals surface area contributed by atoms with Crippen LogP contribution in [0.5, 0.6) is 0 Å². The van der Waals surface area contributed by atoms with E-state index < -0.39 is 0 Å². The Labute approximate surface area is 125 Å². The summed E-state index contributed by atoms with van der Waals surface area (Å²) < 4.78 is 4.21. The van der Waals surface area contributed by atoms with Gasteiger partial charge in [-0.1, -0.05) is 0 Å². The van der Waals surface area contributed by atoms with Gasteiger partial charge in [0, 0.05) is 64.7 Å². The number of nitrogens with one attached hydrogen (secondary N) is 1. The van der Waals surface area contributed by atoms with Crippen molar-refractivity contribution in [1.29, 1.82) is 0 Å². The van der Waals surface area contributed by atoms with Gasteiger partial charge in [-0.25, -0.2) is 4.98 Å². The van der Waals surface area contributed by atoms with E-state index in [1.807, 2.05) is 17.9 Å². The largest absolute Gasteiger partial charge is 0.363 e. The fourth-order valence-corrected chi connectivity index (χ4v) is 3.24. The van der Waals surface area contributed by atoms with Crippen molar-refractivity contribution >= 4 is 5.82 Å². The second-order valence-corrected chi connectivity index (χ2v) is 6.02. The van der Waals surface area contributed by atoms with Crippen molar-refractivity contribution in [2.45, 2.75) is 38.9 Å². The van der Waals surface area contributed by atoms with Gasteiger partial charge in [0.05, 0.1) is 5.69 Å². The van der Waals surface area contributed by atoms with Gasteiger partial charge in [-0.2, -0.15) is 5.10 Å². The summed E-state index contributed by atoms with van der Waals surface area (Å²) in [5, 5.41) is 8.23. The minimum absolute atomic E-state index is 0.501. The average molecular weight is 288 g/mol. The van der Waals surface area contributed by atoms with Gasteiger partial charge in [-0.3, -0.25) is 4.68 Å². The monoisotopic (exact) mass is 288 g/mol. The van der Waals surface area contributed by atoms with Crippen molar-refractivity contribution in [2.24, 2.45) is 7.05 Å². The first-order valence-corrected chi connectivity index (χ1v) is 7.49. The maximum absolute atomic E-state index is 4.54. The van der Waals surface area contributed by atoms with Gasteiger partial charge in [0.25, 0.3) is 0 Å². The van der Waals surface area contributed by atoms with Crippen molar-refractivity contribution in [1.82, 2.24) is 24.6 Å². The summed E-state index contributed by atoms with van der Waals surface area (Å²) in [6, 6.07) is 0.501. The van der Waals surface area contributed by atoms with Crippen molar-refractivity contribution < 1.29 is 0 Å². The number of anilines is 1. The normalized spacial score (nSPS) is 17.8. The van der Waals surface area contributed by atoms with Crippen LogP contribution in [0.4, 0.5) is 5.82 Å². The predicted octanol–water partition coefficient (Wildman–Crippen LogP) is 1.10. The van der Waals surface area contributed by atoms with Crippen molar-refractivity contribution in [3.05, 3.63) is 29.5 Å². The van der Waals surface area contributed by atoms with Crippen LogP contribution < -0.4 is 10.2 Å². The Hall–Kier alpha value is -1.82. The molecule has 0 aliphatic carbocycles. The molecule has 0 aromatic carbocycles. The molecule has 1 aliphatic heterocycles. The number of rotatable bonds is 4. The summed E-state index contributed by atoms with van der Waals surface area (Å²) in [6.45, 7) is 3.95. The van der Waals surface area contributed by atoms with Crippen LogP contribution >= 0.6 is 0 Å². The number of imidazole rings is 1. The van der Waals surface area contributed by atoms with E-state index in [1.54, 1.807) is 0 Å². The van der Waals surface area contributed by atoms with Crippen LogP contribution in [-0.2, 0) is 26.6 Å². The fraction of sp³-hybridized carbons (Fsp3) is 0.600. The first kappa shape index (κ1) is 14.1. The molecular formula is C15H24N6. The Morgan fingerprint density at radius 3 is 3.00 bits per heavy atom. The second kappa shape index (κ2) is 5.52. The molecule has 3 heterocycles. The first-order chi connectivity index (χ1) is 10.1. The molecule has 0 spiro atoms. The van der Waals surface area contributed by atoms with Crippen LogP contribution in [0.2, 0.25) is 0 Å². The molecule has 114 valence electrons. The zero-order valence-corrected chi connectivity index (χ0v) is 13.3. The Kier molecular flexibility index (Phi) is 3.71. The van der Waals surface area contributed by atoms with Gasteiger partial charge in [0.15, 0.2) is 0 Å². The number of nitrogens with zero attached hydrogens (tertiary/aromatic N) is 5. The predicted molar refractivity (Wildman–Crippen MR) is 83.4 cm³/mol. The molecule has 0 bridgehead atoms. The highest BCUT2D eigenvalue weighted by Crippen LogP contribution is 2.22. The van der Waals surface area contributed by atoms with Crippen molar-refractivity contribution in [3.8, 4) is 0 Å². The quantitative estimate of drug-likeness (QED) is 0.915. The number of aryl methyl sites for hydroxylation is 3. The third-order valence-corrected chi connectivity index (χ3v) is 4.24. The Morgan fingerprint density at radius 1 is 1.43 bits per heavy atom. The van der Waals surface area contributed by atoms with Crippen LogP contribution in [-0.4, -0.2) is 39.5 Å².